The molecule has 0 atom stereocenters. The number of anilines is 2. The molecule has 0 radical (unpaired) electrons. The molecule has 0 saturated heterocycles. The van der Waals surface area contributed by atoms with Gasteiger partial charge in [0.05, 0.1) is 16.8 Å². The first-order valence-corrected chi connectivity index (χ1v) is 8.38. The number of rotatable bonds is 5. The van der Waals surface area contributed by atoms with Crippen LogP contribution in [-0.2, 0) is 0 Å². The lowest BCUT2D eigenvalue weighted by atomic mass is 10.1. The summed E-state index contributed by atoms with van der Waals surface area (Å²) in [6.07, 6.45) is 3.09. The van der Waals surface area contributed by atoms with Crippen LogP contribution in [0.3, 0.4) is 0 Å². The highest BCUT2D eigenvalue weighted by Crippen LogP contribution is 2.22. The van der Waals surface area contributed by atoms with Gasteiger partial charge in [0.25, 0.3) is 11.8 Å². The number of para-hydroxylation sites is 2. The lowest BCUT2D eigenvalue weighted by Crippen LogP contribution is -2.31. The third-order valence-electron chi connectivity index (χ3n) is 3.96. The van der Waals surface area contributed by atoms with Crippen molar-refractivity contribution in [2.45, 2.75) is 6.92 Å². The average Bonchev–Trinajstić information content (AvgIpc) is 2.70. The summed E-state index contributed by atoms with van der Waals surface area (Å²) >= 11 is 0. The van der Waals surface area contributed by atoms with Crippen molar-refractivity contribution in [3.8, 4) is 0 Å². The number of hydrogen-bond donors (Lipinski definition) is 1. The highest BCUT2D eigenvalue weighted by molar-refractivity contribution is 6.13. The fraction of sp³-hybridized carbons (Fsp3) is 0.0952. The van der Waals surface area contributed by atoms with Gasteiger partial charge >= 0.3 is 0 Å². The molecule has 3 aromatic rings. The van der Waals surface area contributed by atoms with Crippen LogP contribution in [0, 0.1) is 0 Å². The highest BCUT2D eigenvalue weighted by Gasteiger charge is 2.20. The molecule has 3 rings (SSSR count). The van der Waals surface area contributed by atoms with Gasteiger partial charge in [-0.3, -0.25) is 14.6 Å². The van der Waals surface area contributed by atoms with Crippen molar-refractivity contribution >= 4 is 23.2 Å². The van der Waals surface area contributed by atoms with E-state index in [1.165, 1.54) is 6.20 Å². The van der Waals surface area contributed by atoms with Crippen molar-refractivity contribution in [2.75, 3.05) is 16.8 Å². The van der Waals surface area contributed by atoms with Crippen LogP contribution in [0.1, 0.15) is 27.6 Å². The van der Waals surface area contributed by atoms with E-state index in [0.29, 0.717) is 23.4 Å². The summed E-state index contributed by atoms with van der Waals surface area (Å²) in [6.45, 7) is 2.44. The summed E-state index contributed by atoms with van der Waals surface area (Å²) < 4.78 is 0. The molecular formula is C21H19N3O2. The first-order chi connectivity index (χ1) is 12.7. The number of benzene rings is 2. The summed E-state index contributed by atoms with van der Waals surface area (Å²) in [5.41, 5.74) is 2.16. The molecule has 0 unspecified atom stereocenters. The van der Waals surface area contributed by atoms with E-state index in [9.17, 15) is 9.59 Å². The molecule has 26 heavy (non-hydrogen) atoms. The van der Waals surface area contributed by atoms with E-state index in [0.717, 1.165) is 5.69 Å². The zero-order valence-corrected chi connectivity index (χ0v) is 14.4. The smallest absolute Gasteiger partial charge is 0.260 e. The first kappa shape index (κ1) is 17.4. The topological polar surface area (TPSA) is 62.3 Å². The van der Waals surface area contributed by atoms with Gasteiger partial charge in [-0.15, -0.1) is 0 Å². The van der Waals surface area contributed by atoms with Crippen LogP contribution in [0.25, 0.3) is 0 Å². The zero-order valence-electron chi connectivity index (χ0n) is 14.4. The Morgan fingerprint density at radius 2 is 1.69 bits per heavy atom. The van der Waals surface area contributed by atoms with Gasteiger partial charge in [0.2, 0.25) is 0 Å². The van der Waals surface area contributed by atoms with Crippen molar-refractivity contribution in [3.05, 3.63) is 90.3 Å². The molecular weight excluding hydrogens is 326 g/mol. The van der Waals surface area contributed by atoms with Gasteiger partial charge in [-0.2, -0.15) is 0 Å². The first-order valence-electron chi connectivity index (χ1n) is 8.38. The van der Waals surface area contributed by atoms with Gasteiger partial charge in [-0.05, 0) is 43.3 Å². The normalized spacial score (nSPS) is 10.2. The molecule has 130 valence electrons. The van der Waals surface area contributed by atoms with E-state index in [-0.39, 0.29) is 11.8 Å². The maximum atomic E-state index is 13.1. The minimum absolute atomic E-state index is 0.166. The van der Waals surface area contributed by atoms with Gasteiger partial charge in [0, 0.05) is 24.6 Å². The predicted molar refractivity (Wildman–Crippen MR) is 102 cm³/mol. The zero-order chi connectivity index (χ0) is 18.4. The van der Waals surface area contributed by atoms with Gasteiger partial charge in [-0.25, -0.2) is 0 Å². The Hall–Kier alpha value is -3.47. The van der Waals surface area contributed by atoms with Gasteiger partial charge < -0.3 is 10.2 Å². The molecule has 5 nitrogen and oxygen atoms in total. The number of hydrogen-bond acceptors (Lipinski definition) is 3. The van der Waals surface area contributed by atoms with Crippen LogP contribution in [-0.4, -0.2) is 23.3 Å². The van der Waals surface area contributed by atoms with Crippen LogP contribution in [0.15, 0.2) is 79.1 Å². The molecule has 0 saturated carbocycles. The van der Waals surface area contributed by atoms with Gasteiger partial charge in [-0.1, -0.05) is 30.3 Å². The Morgan fingerprint density at radius 1 is 0.962 bits per heavy atom. The van der Waals surface area contributed by atoms with Crippen LogP contribution in [0.4, 0.5) is 11.4 Å². The fourth-order valence-corrected chi connectivity index (χ4v) is 2.67. The molecule has 0 bridgehead atoms. The van der Waals surface area contributed by atoms with Crippen LogP contribution >= 0.6 is 0 Å². The maximum absolute atomic E-state index is 13.1. The molecule has 1 N–H and O–H groups in total. The number of carbonyl (C=O) groups excluding carboxylic acids is 2. The van der Waals surface area contributed by atoms with E-state index >= 15 is 0 Å². The fourth-order valence-electron chi connectivity index (χ4n) is 2.67. The summed E-state index contributed by atoms with van der Waals surface area (Å²) in [6, 6.07) is 19.8. The molecule has 2 amide bonds. The molecule has 0 aliphatic rings. The second kappa shape index (κ2) is 8.07. The molecule has 2 aromatic carbocycles. The largest absolute Gasteiger partial charge is 0.321 e. The number of nitrogens with one attached hydrogen (secondary N) is 1. The molecule has 0 spiro atoms. The quantitative estimate of drug-likeness (QED) is 0.760. The number of amides is 2. The summed E-state index contributed by atoms with van der Waals surface area (Å²) in [7, 11) is 0. The second-order valence-corrected chi connectivity index (χ2v) is 5.63. The molecule has 0 aliphatic heterocycles. The Morgan fingerprint density at radius 3 is 2.38 bits per heavy atom. The van der Waals surface area contributed by atoms with Gasteiger partial charge in [0.15, 0.2) is 0 Å². The predicted octanol–water partition coefficient (Wildman–Crippen LogP) is 4.00. The number of aromatic nitrogens is 1. The molecule has 5 heteroatoms. The van der Waals surface area contributed by atoms with Crippen molar-refractivity contribution in [1.82, 2.24) is 4.98 Å². The van der Waals surface area contributed by atoms with Crippen LogP contribution < -0.4 is 10.2 Å². The van der Waals surface area contributed by atoms with Crippen molar-refractivity contribution in [1.29, 1.82) is 0 Å². The van der Waals surface area contributed by atoms with E-state index < -0.39 is 0 Å². The van der Waals surface area contributed by atoms with Crippen molar-refractivity contribution in [3.63, 3.8) is 0 Å². The molecule has 0 fully saturated rings. The third kappa shape index (κ3) is 3.78. The Balaban J connectivity index is 1.89. The van der Waals surface area contributed by atoms with Crippen molar-refractivity contribution in [2.24, 2.45) is 0 Å². The molecule has 1 aromatic heterocycles. The summed E-state index contributed by atoms with van der Waals surface area (Å²) in [5.74, 6) is -0.470. The second-order valence-electron chi connectivity index (χ2n) is 5.63. The standard InChI is InChI=1S/C21H19N3O2/c1-2-24(17-10-4-3-5-11-17)21(26)18-12-6-7-13-19(18)23-20(25)16-9-8-14-22-15-16/h3-15H,2H2,1H3,(H,23,25). The third-order valence-corrected chi connectivity index (χ3v) is 3.96. The van der Waals surface area contributed by atoms with E-state index in [1.807, 2.05) is 37.3 Å². The number of carbonyl (C=O) groups is 2. The SMILES string of the molecule is CCN(C(=O)c1ccccc1NC(=O)c1cccnc1)c1ccccc1. The van der Waals surface area contributed by atoms with Crippen LogP contribution in [0.5, 0.6) is 0 Å². The lowest BCUT2D eigenvalue weighted by Gasteiger charge is -2.22. The lowest BCUT2D eigenvalue weighted by molar-refractivity contribution is 0.0989. The molecule has 1 heterocycles. The summed E-state index contributed by atoms with van der Waals surface area (Å²) in [4.78, 5) is 31.1. The maximum Gasteiger partial charge on any atom is 0.260 e. The minimum atomic E-state index is -0.305. The van der Waals surface area contributed by atoms with E-state index in [4.69, 9.17) is 0 Å². The van der Waals surface area contributed by atoms with E-state index in [1.54, 1.807) is 47.5 Å². The number of pyridine rings is 1. The minimum Gasteiger partial charge on any atom is -0.321 e. The highest BCUT2D eigenvalue weighted by atomic mass is 16.2. The Kier molecular flexibility index (Phi) is 5.39. The van der Waals surface area contributed by atoms with Crippen molar-refractivity contribution < 1.29 is 9.59 Å². The monoisotopic (exact) mass is 345 g/mol. The van der Waals surface area contributed by atoms with Gasteiger partial charge in [0.1, 0.15) is 0 Å². The average molecular weight is 345 g/mol. The molecule has 0 aliphatic carbocycles. The van der Waals surface area contributed by atoms with E-state index in [2.05, 4.69) is 10.3 Å². The van der Waals surface area contributed by atoms with Crippen LogP contribution in [0.2, 0.25) is 0 Å². The Labute approximate surface area is 152 Å². The Bertz CT molecular complexity index is 895. The number of nitrogens with zero attached hydrogens (tertiary/aromatic N) is 2. The summed E-state index contributed by atoms with van der Waals surface area (Å²) in [5, 5.41) is 2.81.